The van der Waals surface area contributed by atoms with E-state index in [2.05, 4.69) is 18.8 Å². The first-order chi connectivity index (χ1) is 15.5. The van der Waals surface area contributed by atoms with Gasteiger partial charge in [0.2, 0.25) is 11.8 Å². The highest BCUT2D eigenvalue weighted by atomic mass is 16.5. The van der Waals surface area contributed by atoms with Crippen molar-refractivity contribution < 1.29 is 19.4 Å². The number of aliphatic hydroxyl groups excluding tert-OH is 1. The Morgan fingerprint density at radius 3 is 2.45 bits per heavy atom. The van der Waals surface area contributed by atoms with E-state index in [1.54, 1.807) is 0 Å². The summed E-state index contributed by atoms with van der Waals surface area (Å²) >= 11 is 0. The highest BCUT2D eigenvalue weighted by molar-refractivity contribution is 5.81. The minimum absolute atomic E-state index is 0.121. The molecule has 4 N–H and O–H groups in total. The summed E-state index contributed by atoms with van der Waals surface area (Å²) in [5.74, 6) is 2.03. The monoisotopic (exact) mass is 465 g/mol. The van der Waals surface area contributed by atoms with Crippen LogP contribution in [0.15, 0.2) is 12.3 Å². The van der Waals surface area contributed by atoms with Crippen LogP contribution in [0.5, 0.6) is 0 Å². The van der Waals surface area contributed by atoms with Crippen LogP contribution in [-0.4, -0.2) is 62.2 Å². The second kappa shape index (κ2) is 12.2. The van der Waals surface area contributed by atoms with Crippen molar-refractivity contribution in [2.45, 2.75) is 59.3 Å². The molecule has 7 heteroatoms. The van der Waals surface area contributed by atoms with Gasteiger partial charge < -0.3 is 25.8 Å². The molecule has 2 aliphatic rings. The van der Waals surface area contributed by atoms with Crippen molar-refractivity contribution in [3.05, 3.63) is 12.3 Å². The summed E-state index contributed by atoms with van der Waals surface area (Å²) in [6, 6.07) is 0. The number of hydrogen-bond donors (Lipinski definition) is 3. The molecule has 6 unspecified atom stereocenters. The molecule has 7 nitrogen and oxygen atoms in total. The van der Waals surface area contributed by atoms with Gasteiger partial charge in [0, 0.05) is 30.3 Å². The number of allylic oxidation sites excluding steroid dienone is 1. The maximum absolute atomic E-state index is 13.0. The number of carbonyl (C=O) groups is 2. The lowest BCUT2D eigenvalue weighted by molar-refractivity contribution is -0.128. The molecule has 0 aromatic rings. The number of rotatable bonds is 15. The summed E-state index contributed by atoms with van der Waals surface area (Å²) in [6.07, 6.45) is 5.52. The first kappa shape index (κ1) is 27.6. The number of likely N-dealkylation sites (N-methyl/N-ethyl adjacent to an activating group) is 1. The van der Waals surface area contributed by atoms with Gasteiger partial charge in [-0.05, 0) is 76.3 Å². The van der Waals surface area contributed by atoms with Crippen LogP contribution >= 0.6 is 0 Å². The summed E-state index contributed by atoms with van der Waals surface area (Å²) in [7, 11) is 3.97. The van der Waals surface area contributed by atoms with E-state index in [0.717, 1.165) is 18.9 Å². The van der Waals surface area contributed by atoms with E-state index in [1.807, 2.05) is 32.8 Å². The number of amides is 2. The number of nitrogens with one attached hydrogen (secondary N) is 1. The maximum atomic E-state index is 13.0. The number of nitrogens with zero attached hydrogens (tertiary/aromatic N) is 1. The first-order valence-electron chi connectivity index (χ1n) is 12.6. The van der Waals surface area contributed by atoms with Crippen molar-refractivity contribution in [2.24, 2.45) is 46.7 Å². The molecule has 33 heavy (non-hydrogen) atoms. The van der Waals surface area contributed by atoms with Crippen LogP contribution in [0, 0.1) is 40.9 Å². The number of hydrogen-bond acceptors (Lipinski definition) is 5. The van der Waals surface area contributed by atoms with Crippen molar-refractivity contribution in [1.82, 2.24) is 10.2 Å². The van der Waals surface area contributed by atoms with E-state index in [0.29, 0.717) is 43.0 Å². The third kappa shape index (κ3) is 7.71. The Bertz CT molecular complexity index is 676. The Labute approximate surface area is 200 Å². The molecule has 2 saturated carbocycles. The average Bonchev–Trinajstić information content (AvgIpc) is 3.32. The Morgan fingerprint density at radius 1 is 1.24 bits per heavy atom. The van der Waals surface area contributed by atoms with Crippen molar-refractivity contribution in [2.75, 3.05) is 40.4 Å². The molecule has 190 valence electrons. The predicted octanol–water partition coefficient (Wildman–Crippen LogP) is 2.78. The zero-order valence-corrected chi connectivity index (χ0v) is 21.4. The lowest BCUT2D eigenvalue weighted by Gasteiger charge is -2.34. The number of nitrogens with two attached hydrogens (primary N) is 1. The average molecular weight is 466 g/mol. The lowest BCUT2D eigenvalue weighted by atomic mass is 9.72. The van der Waals surface area contributed by atoms with Gasteiger partial charge in [0.15, 0.2) is 0 Å². The minimum atomic E-state index is -0.449. The van der Waals surface area contributed by atoms with Crippen molar-refractivity contribution >= 4 is 11.8 Å². The van der Waals surface area contributed by atoms with Gasteiger partial charge in [-0.1, -0.05) is 27.4 Å². The number of aliphatic hydroxyl groups is 1. The standard InChI is InChI=1S/C26H47N3O4/c1-17-19-7-8-20(13-19)23(17)15-21(24(27)31)14-22(25(32)28-9-11-30)16-26(3,4)18(2)33-12-10-29(5)6/h17,19-23,30H,2,7-16H2,1,3-6H3,(H2,27,31)(H,28,32). The van der Waals surface area contributed by atoms with Gasteiger partial charge in [-0.25, -0.2) is 0 Å². The van der Waals surface area contributed by atoms with E-state index in [9.17, 15) is 14.7 Å². The summed E-state index contributed by atoms with van der Waals surface area (Å²) in [5.41, 5.74) is 5.42. The third-order valence-electron chi connectivity index (χ3n) is 8.17. The van der Waals surface area contributed by atoms with E-state index in [1.165, 1.54) is 19.3 Å². The van der Waals surface area contributed by atoms with Gasteiger partial charge in [0.05, 0.1) is 12.4 Å². The Kier molecular flexibility index (Phi) is 10.2. The number of primary amides is 1. The smallest absolute Gasteiger partial charge is 0.223 e. The topological polar surface area (TPSA) is 105 Å². The fourth-order valence-corrected chi connectivity index (χ4v) is 5.99. The summed E-state index contributed by atoms with van der Waals surface area (Å²) in [6.45, 7) is 11.9. The molecule has 0 aliphatic heterocycles. The van der Waals surface area contributed by atoms with Crippen molar-refractivity contribution in [1.29, 1.82) is 0 Å². The van der Waals surface area contributed by atoms with Gasteiger partial charge in [-0.15, -0.1) is 0 Å². The van der Waals surface area contributed by atoms with Crippen LogP contribution in [-0.2, 0) is 14.3 Å². The molecule has 2 rings (SSSR count). The minimum Gasteiger partial charge on any atom is -0.497 e. The largest absolute Gasteiger partial charge is 0.497 e. The fraction of sp³-hybridized carbons (Fsp3) is 0.846. The van der Waals surface area contributed by atoms with Gasteiger partial charge in [0.1, 0.15) is 6.61 Å². The molecule has 2 aliphatic carbocycles. The maximum Gasteiger partial charge on any atom is 0.223 e. The number of ether oxygens (including phenoxy) is 1. The van der Waals surface area contributed by atoms with E-state index >= 15 is 0 Å². The highest BCUT2D eigenvalue weighted by Crippen LogP contribution is 2.54. The fourth-order valence-electron chi connectivity index (χ4n) is 5.99. The molecule has 0 spiro atoms. The molecule has 0 saturated heterocycles. The van der Waals surface area contributed by atoms with Gasteiger partial charge in [0.25, 0.3) is 0 Å². The summed E-state index contributed by atoms with van der Waals surface area (Å²) in [5, 5.41) is 12.0. The molecule has 2 fully saturated rings. The summed E-state index contributed by atoms with van der Waals surface area (Å²) < 4.78 is 5.89. The quantitative estimate of drug-likeness (QED) is 0.323. The second-order valence-corrected chi connectivity index (χ2v) is 11.3. The van der Waals surface area contributed by atoms with Crippen LogP contribution < -0.4 is 11.1 Å². The van der Waals surface area contributed by atoms with Gasteiger partial charge in [-0.2, -0.15) is 0 Å². The lowest BCUT2D eigenvalue weighted by Crippen LogP contribution is -2.39. The molecule has 0 aromatic heterocycles. The Balaban J connectivity index is 2.09. The van der Waals surface area contributed by atoms with Crippen LogP contribution in [0.2, 0.25) is 0 Å². The molecule has 2 bridgehead atoms. The van der Waals surface area contributed by atoms with Crippen LogP contribution in [0.1, 0.15) is 59.3 Å². The van der Waals surface area contributed by atoms with E-state index in [4.69, 9.17) is 10.5 Å². The van der Waals surface area contributed by atoms with Gasteiger partial charge >= 0.3 is 0 Å². The van der Waals surface area contributed by atoms with E-state index < -0.39 is 11.3 Å². The highest BCUT2D eigenvalue weighted by Gasteiger charge is 2.46. The van der Waals surface area contributed by atoms with Crippen LogP contribution in [0.3, 0.4) is 0 Å². The molecule has 0 heterocycles. The summed E-state index contributed by atoms with van der Waals surface area (Å²) in [4.78, 5) is 27.6. The van der Waals surface area contributed by atoms with E-state index in [-0.39, 0.29) is 30.9 Å². The van der Waals surface area contributed by atoms with Crippen LogP contribution in [0.4, 0.5) is 0 Å². The second-order valence-electron chi connectivity index (χ2n) is 11.3. The normalized spacial score (nSPS) is 26.3. The molecule has 2 amide bonds. The van der Waals surface area contributed by atoms with Crippen LogP contribution in [0.25, 0.3) is 0 Å². The van der Waals surface area contributed by atoms with Crippen molar-refractivity contribution in [3.8, 4) is 0 Å². The number of carbonyl (C=O) groups excluding carboxylic acids is 2. The molecule has 0 aromatic carbocycles. The number of fused-ring (bicyclic) bond motifs is 2. The molecular weight excluding hydrogens is 418 g/mol. The molecular formula is C26H47N3O4. The first-order valence-corrected chi connectivity index (χ1v) is 12.6. The predicted molar refractivity (Wildman–Crippen MR) is 131 cm³/mol. The SMILES string of the molecule is C=C(OCCN(C)C)C(C)(C)CC(CC(CC1C2CCC(C2)C1C)C(N)=O)C(=O)NCCO. The molecule has 6 atom stereocenters. The van der Waals surface area contributed by atoms with Crippen molar-refractivity contribution in [3.63, 3.8) is 0 Å². The molecule has 0 radical (unpaired) electrons. The zero-order valence-electron chi connectivity index (χ0n) is 21.4. The zero-order chi connectivity index (χ0) is 24.8. The van der Waals surface area contributed by atoms with Gasteiger partial charge in [-0.3, -0.25) is 9.59 Å². The Hall–Kier alpha value is -1.60. The third-order valence-corrected chi connectivity index (χ3v) is 8.17. The Morgan fingerprint density at radius 2 is 1.91 bits per heavy atom.